The summed E-state index contributed by atoms with van der Waals surface area (Å²) in [7, 11) is 0. The first-order chi connectivity index (χ1) is 16.3. The van der Waals surface area contributed by atoms with Gasteiger partial charge in [-0.2, -0.15) is 0 Å². The number of ether oxygens (including phenoxy) is 1. The molecule has 0 aliphatic rings. The molecule has 0 saturated carbocycles. The summed E-state index contributed by atoms with van der Waals surface area (Å²) in [5.74, 6) is -1.00. The molecule has 1 heterocycles. The van der Waals surface area contributed by atoms with Gasteiger partial charge in [0.2, 0.25) is 0 Å². The molecule has 0 spiro atoms. The van der Waals surface area contributed by atoms with Crippen molar-refractivity contribution >= 4 is 22.6 Å². The van der Waals surface area contributed by atoms with Crippen LogP contribution >= 0.6 is 0 Å². The molecule has 3 aromatic rings. The monoisotopic (exact) mass is 474 g/mol. The minimum atomic E-state index is -1.18. The van der Waals surface area contributed by atoms with E-state index in [0.29, 0.717) is 41.1 Å². The molecule has 0 radical (unpaired) electrons. The normalized spacial score (nSPS) is 9.79. The van der Waals surface area contributed by atoms with Crippen LogP contribution in [0.4, 0.5) is 0 Å². The van der Waals surface area contributed by atoms with Crippen LogP contribution in [-0.2, 0) is 4.79 Å². The van der Waals surface area contributed by atoms with Gasteiger partial charge in [-0.25, -0.2) is 4.98 Å². The fourth-order valence-corrected chi connectivity index (χ4v) is 2.52. The van der Waals surface area contributed by atoms with E-state index in [4.69, 9.17) is 31.5 Å². The minimum absolute atomic E-state index is 0.0972. The second-order valence-corrected chi connectivity index (χ2v) is 6.62. The number of aryl methyl sites for hydroxylation is 1. The van der Waals surface area contributed by atoms with E-state index in [-0.39, 0.29) is 24.7 Å². The largest absolute Gasteiger partial charge is 0.505 e. The van der Waals surface area contributed by atoms with Crippen LogP contribution in [0, 0.1) is 6.92 Å². The topological polar surface area (TPSA) is 201 Å². The number of benzene rings is 2. The molecular weight excluding hydrogens is 444 g/mol. The summed E-state index contributed by atoms with van der Waals surface area (Å²) >= 11 is 0. The van der Waals surface area contributed by atoms with Crippen LogP contribution in [0.1, 0.15) is 16.2 Å². The minimum Gasteiger partial charge on any atom is -0.505 e. The Labute approximate surface area is 196 Å². The third-order valence-electron chi connectivity index (χ3n) is 3.99. The molecule has 0 unspecified atom stereocenters. The number of carboxylic acid groups (broad SMARTS) is 1. The number of amides is 1. The van der Waals surface area contributed by atoms with Crippen molar-refractivity contribution in [3.8, 4) is 17.2 Å². The predicted octanol–water partition coefficient (Wildman–Crippen LogP) is 0.730. The summed E-state index contributed by atoms with van der Waals surface area (Å²) < 4.78 is 5.77. The van der Waals surface area contributed by atoms with Gasteiger partial charge >= 0.3 is 5.97 Å². The van der Waals surface area contributed by atoms with Crippen LogP contribution in [0.15, 0.2) is 48.5 Å². The first-order valence-corrected chi connectivity index (χ1v) is 10.3. The van der Waals surface area contributed by atoms with Crippen molar-refractivity contribution in [3.63, 3.8) is 0 Å². The number of aliphatic hydroxyl groups is 2. The maximum Gasteiger partial charge on any atom is 0.322 e. The Morgan fingerprint density at radius 2 is 1.56 bits per heavy atom. The number of nitrogens with two attached hydrogens (primary N) is 2. The van der Waals surface area contributed by atoms with Crippen molar-refractivity contribution in [1.82, 2.24) is 10.3 Å². The standard InChI is InChI=1S/C19H16N2O5.2C2H7NO/c1-11-15-9-13(26-12-5-3-2-4-6-12)7-8-14(15)18(24)17(21-11)19(25)20-10-16(22)23;2*3-1-2-4/h2-9,24H,10H2,1H3,(H,20,25)(H,22,23);2*4H,1-3H2. The quantitative estimate of drug-likeness (QED) is 0.256. The van der Waals surface area contributed by atoms with Gasteiger partial charge < -0.3 is 41.9 Å². The van der Waals surface area contributed by atoms with E-state index in [1.54, 1.807) is 25.1 Å². The molecule has 1 aromatic heterocycles. The van der Waals surface area contributed by atoms with Gasteiger partial charge in [0.25, 0.3) is 5.91 Å². The summed E-state index contributed by atoms with van der Waals surface area (Å²) in [5.41, 5.74) is 9.85. The lowest BCUT2D eigenvalue weighted by molar-refractivity contribution is -0.135. The number of aliphatic carboxylic acids is 1. The number of pyridine rings is 1. The Kier molecular flexibility index (Phi) is 12.6. The number of aromatic nitrogens is 1. The van der Waals surface area contributed by atoms with Gasteiger partial charge in [-0.1, -0.05) is 18.2 Å². The number of carboxylic acids is 1. The first kappa shape index (κ1) is 28.3. The zero-order chi connectivity index (χ0) is 25.5. The number of hydrogen-bond donors (Lipinski definition) is 7. The Bertz CT molecular complexity index is 1050. The molecular formula is C23H30N4O7. The molecule has 0 bridgehead atoms. The second kappa shape index (κ2) is 15.1. The SMILES string of the molecule is Cc1nc(C(=O)NCC(=O)O)c(O)c2ccc(Oc3ccccc3)cc12.NCCO.NCCO. The molecule has 0 aliphatic heterocycles. The van der Waals surface area contributed by atoms with Gasteiger partial charge in [0.05, 0.1) is 13.2 Å². The maximum absolute atomic E-state index is 12.1. The van der Waals surface area contributed by atoms with Gasteiger partial charge in [-0.15, -0.1) is 0 Å². The summed E-state index contributed by atoms with van der Waals surface area (Å²) in [6.45, 7) is 2.09. The summed E-state index contributed by atoms with van der Waals surface area (Å²) in [6.07, 6.45) is 0. The van der Waals surface area contributed by atoms with Crippen molar-refractivity contribution in [2.75, 3.05) is 32.8 Å². The van der Waals surface area contributed by atoms with Crippen LogP contribution in [-0.4, -0.2) is 70.1 Å². The summed E-state index contributed by atoms with van der Waals surface area (Å²) in [4.78, 5) is 26.7. The molecule has 3 rings (SSSR count). The number of carbonyl (C=O) groups excluding carboxylic acids is 1. The van der Waals surface area contributed by atoms with E-state index in [9.17, 15) is 14.7 Å². The zero-order valence-electron chi connectivity index (χ0n) is 18.8. The van der Waals surface area contributed by atoms with Crippen molar-refractivity contribution in [1.29, 1.82) is 0 Å². The number of para-hydroxylation sites is 1. The summed E-state index contributed by atoms with van der Waals surface area (Å²) in [5, 5.41) is 37.8. The highest BCUT2D eigenvalue weighted by Crippen LogP contribution is 2.33. The highest BCUT2D eigenvalue weighted by atomic mass is 16.5. The second-order valence-electron chi connectivity index (χ2n) is 6.62. The van der Waals surface area contributed by atoms with Gasteiger partial charge in [-0.3, -0.25) is 9.59 Å². The lowest BCUT2D eigenvalue weighted by atomic mass is 10.1. The molecule has 34 heavy (non-hydrogen) atoms. The van der Waals surface area contributed by atoms with Gasteiger partial charge in [0.15, 0.2) is 11.4 Å². The third kappa shape index (κ3) is 9.00. The first-order valence-electron chi connectivity index (χ1n) is 10.3. The van der Waals surface area contributed by atoms with Crippen LogP contribution in [0.5, 0.6) is 17.2 Å². The van der Waals surface area contributed by atoms with E-state index in [0.717, 1.165) is 0 Å². The molecule has 0 atom stereocenters. The molecule has 0 fully saturated rings. The third-order valence-corrected chi connectivity index (χ3v) is 3.99. The molecule has 0 saturated heterocycles. The average molecular weight is 475 g/mol. The Morgan fingerprint density at radius 3 is 2.09 bits per heavy atom. The fourth-order valence-electron chi connectivity index (χ4n) is 2.52. The van der Waals surface area contributed by atoms with E-state index < -0.39 is 18.4 Å². The van der Waals surface area contributed by atoms with Crippen molar-refractivity contribution in [3.05, 3.63) is 59.9 Å². The van der Waals surface area contributed by atoms with Crippen LogP contribution in [0.25, 0.3) is 10.8 Å². The molecule has 184 valence electrons. The summed E-state index contributed by atoms with van der Waals surface area (Å²) in [6, 6.07) is 14.3. The van der Waals surface area contributed by atoms with Crippen molar-refractivity contribution in [2.45, 2.75) is 6.92 Å². The molecule has 9 N–H and O–H groups in total. The highest BCUT2D eigenvalue weighted by Gasteiger charge is 2.18. The lowest BCUT2D eigenvalue weighted by Gasteiger charge is -2.12. The van der Waals surface area contributed by atoms with Gasteiger partial charge in [0, 0.05) is 29.6 Å². The Hall–Kier alpha value is -3.77. The smallest absolute Gasteiger partial charge is 0.322 e. The van der Waals surface area contributed by atoms with Crippen molar-refractivity contribution < 1.29 is 34.8 Å². The number of nitrogens with zero attached hydrogens (tertiary/aromatic N) is 1. The lowest BCUT2D eigenvalue weighted by Crippen LogP contribution is -2.30. The Balaban J connectivity index is 0.000000629. The number of rotatable bonds is 7. The molecule has 1 amide bonds. The predicted molar refractivity (Wildman–Crippen MR) is 127 cm³/mol. The highest BCUT2D eigenvalue weighted by molar-refractivity contribution is 6.03. The van der Waals surface area contributed by atoms with E-state index in [1.165, 1.54) is 0 Å². The molecule has 11 nitrogen and oxygen atoms in total. The van der Waals surface area contributed by atoms with Crippen LogP contribution < -0.4 is 21.5 Å². The molecule has 2 aromatic carbocycles. The number of fused-ring (bicyclic) bond motifs is 1. The maximum atomic E-state index is 12.1. The number of carbonyl (C=O) groups is 2. The number of hydrogen-bond acceptors (Lipinski definition) is 9. The van der Waals surface area contributed by atoms with E-state index in [2.05, 4.69) is 10.3 Å². The zero-order valence-corrected chi connectivity index (χ0v) is 18.8. The Morgan fingerprint density at radius 1 is 0.971 bits per heavy atom. The van der Waals surface area contributed by atoms with Crippen LogP contribution in [0.2, 0.25) is 0 Å². The number of aromatic hydroxyl groups is 1. The van der Waals surface area contributed by atoms with Crippen molar-refractivity contribution in [2.24, 2.45) is 11.5 Å². The van der Waals surface area contributed by atoms with E-state index in [1.807, 2.05) is 30.3 Å². The van der Waals surface area contributed by atoms with Crippen LogP contribution in [0.3, 0.4) is 0 Å². The molecule has 0 aliphatic carbocycles. The van der Waals surface area contributed by atoms with E-state index >= 15 is 0 Å². The number of nitrogens with one attached hydrogen (secondary N) is 1. The molecule has 11 heteroatoms. The average Bonchev–Trinajstić information content (AvgIpc) is 2.85. The number of aliphatic hydroxyl groups excluding tert-OH is 2. The van der Waals surface area contributed by atoms with Gasteiger partial charge in [-0.05, 0) is 37.3 Å². The van der Waals surface area contributed by atoms with Gasteiger partial charge in [0.1, 0.15) is 18.0 Å². The fraction of sp³-hybridized carbons (Fsp3) is 0.261.